The highest BCUT2D eigenvalue weighted by Crippen LogP contribution is 2.45. The Morgan fingerprint density at radius 2 is 1.61 bits per heavy atom. The predicted octanol–water partition coefficient (Wildman–Crippen LogP) is 4.45. The number of methoxy groups -OCH3 is 1. The molecule has 36 heavy (non-hydrogen) atoms. The lowest BCUT2D eigenvalue weighted by atomic mass is 10.1. The van der Waals surface area contributed by atoms with Crippen molar-refractivity contribution < 1.29 is 18.7 Å². The minimum Gasteiger partial charge on any atom is -0.497 e. The van der Waals surface area contributed by atoms with Crippen LogP contribution in [-0.2, 0) is 9.59 Å². The lowest BCUT2D eigenvalue weighted by Crippen LogP contribution is -2.52. The van der Waals surface area contributed by atoms with Gasteiger partial charge >= 0.3 is 0 Å². The van der Waals surface area contributed by atoms with Crippen LogP contribution in [0.15, 0.2) is 64.5 Å². The van der Waals surface area contributed by atoms with Gasteiger partial charge in [-0.15, -0.1) is 0 Å². The molecule has 2 aliphatic rings. The van der Waals surface area contributed by atoms with E-state index in [1.54, 1.807) is 41.2 Å². The van der Waals surface area contributed by atoms with Gasteiger partial charge in [0.05, 0.1) is 12.8 Å². The molecular formula is C27H27FN4O3S. The summed E-state index contributed by atoms with van der Waals surface area (Å²) in [5, 5.41) is 12.4. The maximum absolute atomic E-state index is 13.6. The number of benzene rings is 2. The number of anilines is 1. The largest absolute Gasteiger partial charge is 0.497 e. The first-order valence-electron chi connectivity index (χ1n) is 11.6. The highest BCUT2D eigenvalue weighted by atomic mass is 32.2. The number of nitriles is 1. The number of halogens is 1. The van der Waals surface area contributed by atoms with Crippen molar-refractivity contribution in [3.8, 4) is 11.8 Å². The Morgan fingerprint density at radius 3 is 2.17 bits per heavy atom. The Bertz CT molecular complexity index is 1240. The Hall–Kier alpha value is -3.77. The van der Waals surface area contributed by atoms with Crippen LogP contribution in [0.3, 0.4) is 0 Å². The van der Waals surface area contributed by atoms with Gasteiger partial charge in [-0.2, -0.15) is 5.26 Å². The number of carbonyl (C=O) groups is 2. The van der Waals surface area contributed by atoms with E-state index in [0.717, 1.165) is 16.9 Å². The Morgan fingerprint density at radius 1 is 1.00 bits per heavy atom. The van der Waals surface area contributed by atoms with Crippen molar-refractivity contribution >= 4 is 35.0 Å². The second-order valence-corrected chi connectivity index (χ2v) is 9.58. The highest BCUT2D eigenvalue weighted by molar-refractivity contribution is 8.06. The monoisotopic (exact) mass is 506 g/mol. The van der Waals surface area contributed by atoms with Crippen molar-refractivity contribution in [3.05, 3.63) is 75.9 Å². The van der Waals surface area contributed by atoms with E-state index in [-0.39, 0.29) is 29.1 Å². The highest BCUT2D eigenvalue weighted by Gasteiger charge is 2.33. The molecule has 1 saturated heterocycles. The molecule has 2 amide bonds. The lowest BCUT2D eigenvalue weighted by Gasteiger charge is -2.36. The van der Waals surface area contributed by atoms with Gasteiger partial charge in [0.1, 0.15) is 28.2 Å². The molecule has 0 radical (unpaired) electrons. The van der Waals surface area contributed by atoms with E-state index >= 15 is 0 Å². The zero-order valence-corrected chi connectivity index (χ0v) is 21.2. The van der Waals surface area contributed by atoms with Crippen LogP contribution in [0, 0.1) is 23.1 Å². The smallest absolute Gasteiger partial charge is 0.267 e. The molecule has 0 aromatic heterocycles. The fraction of sp³-hybridized carbons (Fsp3) is 0.296. The molecule has 0 atom stereocenters. The molecule has 2 heterocycles. The van der Waals surface area contributed by atoms with E-state index in [0.29, 0.717) is 37.0 Å². The molecule has 9 heteroatoms. The fourth-order valence-electron chi connectivity index (χ4n) is 4.14. The molecule has 2 aromatic carbocycles. The molecule has 2 aromatic rings. The first-order chi connectivity index (χ1) is 17.3. The quantitative estimate of drug-likeness (QED) is 0.441. The van der Waals surface area contributed by atoms with Crippen LogP contribution in [0.4, 0.5) is 10.1 Å². The van der Waals surface area contributed by atoms with Gasteiger partial charge in [0.2, 0.25) is 5.91 Å². The van der Waals surface area contributed by atoms with Crippen LogP contribution >= 0.6 is 11.8 Å². The van der Waals surface area contributed by atoms with Gasteiger partial charge in [0.15, 0.2) is 0 Å². The molecule has 0 spiro atoms. The lowest BCUT2D eigenvalue weighted by molar-refractivity contribution is -0.139. The maximum Gasteiger partial charge on any atom is 0.267 e. The number of hydrogen-bond donors (Lipinski definition) is 0. The zero-order chi connectivity index (χ0) is 25.8. The summed E-state index contributed by atoms with van der Waals surface area (Å²) in [6.07, 6.45) is 0. The summed E-state index contributed by atoms with van der Waals surface area (Å²) >= 11 is 1.28. The third-order valence-electron chi connectivity index (χ3n) is 6.11. The van der Waals surface area contributed by atoms with Crippen LogP contribution in [0.25, 0.3) is 5.70 Å². The molecule has 0 unspecified atom stereocenters. The maximum atomic E-state index is 13.6. The second kappa shape index (κ2) is 10.9. The minimum absolute atomic E-state index is 0.0211. The third-order valence-corrected chi connectivity index (χ3v) is 7.06. The van der Waals surface area contributed by atoms with Gasteiger partial charge in [-0.25, -0.2) is 4.39 Å². The number of piperazine rings is 1. The second-order valence-electron chi connectivity index (χ2n) is 8.73. The standard InChI is InChI=1S/C27H27FN4O3S/c1-18(2)25(33)30-12-14-31(15-13-30)26(34)23(16-29)27-32(21-8-10-22(35-3)11-9-21)24(17-36-27)19-4-6-20(28)7-5-19/h4-11,17-18H,12-15H2,1-3H3/b27-23-. The average molecular weight is 507 g/mol. The summed E-state index contributed by atoms with van der Waals surface area (Å²) in [7, 11) is 1.58. The number of ether oxygens (including phenoxy) is 1. The normalized spacial score (nSPS) is 17.1. The summed E-state index contributed by atoms with van der Waals surface area (Å²) in [6.45, 7) is 5.31. The number of hydrogen-bond acceptors (Lipinski definition) is 6. The first-order valence-corrected chi connectivity index (χ1v) is 12.5. The van der Waals surface area contributed by atoms with Crippen molar-refractivity contribution in [3.63, 3.8) is 0 Å². The minimum atomic E-state index is -0.371. The van der Waals surface area contributed by atoms with E-state index in [1.165, 1.54) is 23.9 Å². The van der Waals surface area contributed by atoms with Gasteiger partial charge in [0.25, 0.3) is 5.91 Å². The zero-order valence-electron chi connectivity index (χ0n) is 20.4. The van der Waals surface area contributed by atoms with Gasteiger partial charge in [-0.3, -0.25) is 9.59 Å². The number of carbonyl (C=O) groups excluding carboxylic acids is 2. The van der Waals surface area contributed by atoms with Crippen LogP contribution in [0.2, 0.25) is 0 Å². The number of thioether (sulfide) groups is 1. The number of amides is 2. The van der Waals surface area contributed by atoms with Crippen molar-refractivity contribution in [2.24, 2.45) is 5.92 Å². The van der Waals surface area contributed by atoms with E-state index in [1.807, 2.05) is 36.3 Å². The molecule has 7 nitrogen and oxygen atoms in total. The Labute approximate surface area is 214 Å². The summed E-state index contributed by atoms with van der Waals surface area (Å²) in [5.74, 6) is -0.0865. The van der Waals surface area contributed by atoms with Crippen molar-refractivity contribution in [1.29, 1.82) is 5.26 Å². The van der Waals surface area contributed by atoms with Gasteiger partial charge in [-0.1, -0.05) is 25.6 Å². The topological polar surface area (TPSA) is 76.9 Å². The molecule has 1 fully saturated rings. The van der Waals surface area contributed by atoms with Crippen molar-refractivity contribution in [2.45, 2.75) is 13.8 Å². The SMILES string of the molecule is COc1ccc(N2C(c3ccc(F)cc3)=CS/C2=C(/C#N)C(=O)N2CCN(C(=O)C(C)C)CC2)cc1. The van der Waals surface area contributed by atoms with E-state index in [2.05, 4.69) is 6.07 Å². The molecule has 0 saturated carbocycles. The van der Waals surface area contributed by atoms with Gasteiger partial charge in [0, 0.05) is 43.2 Å². The van der Waals surface area contributed by atoms with E-state index in [4.69, 9.17) is 4.74 Å². The Kier molecular flexibility index (Phi) is 7.65. The van der Waals surface area contributed by atoms with Crippen molar-refractivity contribution in [2.75, 3.05) is 38.2 Å². The van der Waals surface area contributed by atoms with Gasteiger partial charge < -0.3 is 19.4 Å². The average Bonchev–Trinajstić information content (AvgIpc) is 3.33. The predicted molar refractivity (Wildman–Crippen MR) is 138 cm³/mol. The van der Waals surface area contributed by atoms with Crippen LogP contribution in [0.1, 0.15) is 19.4 Å². The van der Waals surface area contributed by atoms with Crippen LogP contribution < -0.4 is 9.64 Å². The first kappa shape index (κ1) is 25.3. The Balaban J connectivity index is 1.67. The number of nitrogens with zero attached hydrogens (tertiary/aromatic N) is 4. The van der Waals surface area contributed by atoms with E-state index in [9.17, 15) is 19.2 Å². The summed E-state index contributed by atoms with van der Waals surface area (Å²) in [6, 6.07) is 15.5. The molecule has 2 aliphatic heterocycles. The van der Waals surface area contributed by atoms with E-state index < -0.39 is 0 Å². The summed E-state index contributed by atoms with van der Waals surface area (Å²) in [4.78, 5) is 31.0. The summed E-state index contributed by atoms with van der Waals surface area (Å²) in [5.41, 5.74) is 2.24. The fourth-order valence-corrected chi connectivity index (χ4v) is 5.17. The van der Waals surface area contributed by atoms with Crippen LogP contribution in [0.5, 0.6) is 5.75 Å². The molecule has 0 bridgehead atoms. The van der Waals surface area contributed by atoms with Crippen molar-refractivity contribution in [1.82, 2.24) is 9.80 Å². The molecule has 0 N–H and O–H groups in total. The van der Waals surface area contributed by atoms with Crippen LogP contribution in [-0.4, -0.2) is 54.9 Å². The summed E-state index contributed by atoms with van der Waals surface area (Å²) < 4.78 is 18.9. The van der Waals surface area contributed by atoms with Gasteiger partial charge in [-0.05, 0) is 54.1 Å². The molecule has 0 aliphatic carbocycles. The number of rotatable bonds is 5. The molecule has 186 valence electrons. The molecule has 4 rings (SSSR count). The molecular weight excluding hydrogens is 479 g/mol. The third kappa shape index (κ3) is 5.09.